The molecule has 0 saturated carbocycles. The van der Waals surface area contributed by atoms with Crippen molar-refractivity contribution in [2.24, 2.45) is 11.8 Å². The number of hydrogen-bond acceptors (Lipinski definition) is 11. The van der Waals surface area contributed by atoms with Crippen LogP contribution in [0.25, 0.3) is 0 Å². The summed E-state index contributed by atoms with van der Waals surface area (Å²) >= 11 is 0. The number of carboxylic acids is 2. The number of rotatable bonds is 15. The van der Waals surface area contributed by atoms with E-state index in [4.69, 9.17) is 18.9 Å². The SMILES string of the molecule is C=C(CC[C@]12O[C@H](CO)[C@@](O)(C(=O)O)[C@](C(=O)O)(O1)[C@H](OC(=O)CCC(C)C)[C@H]2O)[C@@H](OC(C)=O)[C@H](C)Cc1ccccc1. The topological polar surface area (TPSA) is 206 Å². The first-order valence-electron chi connectivity index (χ1n) is 14.5. The first kappa shape index (κ1) is 35.1. The highest BCUT2D eigenvalue weighted by atomic mass is 16.8. The smallest absolute Gasteiger partial charge is 0.344 e. The number of aliphatic carboxylic acids is 2. The van der Waals surface area contributed by atoms with E-state index in [9.17, 15) is 44.7 Å². The largest absolute Gasteiger partial charge is 0.479 e. The third-order valence-corrected chi connectivity index (χ3v) is 8.25. The van der Waals surface area contributed by atoms with Crippen molar-refractivity contribution in [2.45, 2.75) is 101 Å². The molecular weight excluding hydrogens is 580 g/mol. The highest BCUT2D eigenvalue weighted by molar-refractivity contribution is 5.93. The van der Waals surface area contributed by atoms with E-state index < -0.39 is 78.3 Å². The Hall–Kier alpha value is -3.36. The van der Waals surface area contributed by atoms with Crippen LogP contribution in [0.15, 0.2) is 42.5 Å². The van der Waals surface area contributed by atoms with Crippen LogP contribution in [0, 0.1) is 11.8 Å². The third kappa shape index (κ3) is 6.52. The maximum atomic E-state index is 12.8. The monoisotopic (exact) mass is 622 g/mol. The van der Waals surface area contributed by atoms with Crippen LogP contribution in [0.5, 0.6) is 0 Å². The van der Waals surface area contributed by atoms with Gasteiger partial charge in [-0.1, -0.05) is 57.7 Å². The van der Waals surface area contributed by atoms with Crippen LogP contribution >= 0.6 is 0 Å². The summed E-state index contributed by atoms with van der Waals surface area (Å²) in [7, 11) is 0. The summed E-state index contributed by atoms with van der Waals surface area (Å²) in [6, 6.07) is 9.42. The van der Waals surface area contributed by atoms with Gasteiger partial charge >= 0.3 is 23.9 Å². The van der Waals surface area contributed by atoms with Crippen LogP contribution in [0.2, 0.25) is 0 Å². The van der Waals surface area contributed by atoms with Crippen molar-refractivity contribution >= 4 is 23.9 Å². The van der Waals surface area contributed by atoms with Gasteiger partial charge in [-0.2, -0.15) is 0 Å². The molecule has 244 valence electrons. The Morgan fingerprint density at radius 3 is 2.20 bits per heavy atom. The number of aliphatic hydroxyl groups is 3. The zero-order valence-corrected chi connectivity index (χ0v) is 25.3. The zero-order chi connectivity index (χ0) is 33.0. The molecule has 1 aromatic rings. The summed E-state index contributed by atoms with van der Waals surface area (Å²) in [5.41, 5.74) is -5.44. The highest BCUT2D eigenvalue weighted by Gasteiger charge is 2.84. The van der Waals surface area contributed by atoms with Crippen LogP contribution in [-0.2, 0) is 44.5 Å². The van der Waals surface area contributed by atoms with Crippen molar-refractivity contribution < 1.29 is 63.7 Å². The summed E-state index contributed by atoms with van der Waals surface area (Å²) in [5, 5.41) is 53.3. The molecule has 2 aliphatic heterocycles. The van der Waals surface area contributed by atoms with Crippen molar-refractivity contribution in [3.05, 3.63) is 48.0 Å². The van der Waals surface area contributed by atoms with E-state index in [0.29, 0.717) is 18.4 Å². The number of esters is 2. The normalized spacial score (nSPS) is 30.8. The second kappa shape index (κ2) is 13.7. The Balaban J connectivity index is 1.98. The van der Waals surface area contributed by atoms with Crippen LogP contribution in [0.3, 0.4) is 0 Å². The zero-order valence-electron chi connectivity index (χ0n) is 25.3. The lowest BCUT2D eigenvalue weighted by Gasteiger charge is -2.49. The quantitative estimate of drug-likeness (QED) is 0.139. The molecule has 0 unspecified atom stereocenters. The third-order valence-electron chi connectivity index (χ3n) is 8.25. The summed E-state index contributed by atoms with van der Waals surface area (Å²) < 4.78 is 22.3. The van der Waals surface area contributed by atoms with Crippen molar-refractivity contribution in [3.8, 4) is 0 Å². The molecule has 1 aromatic carbocycles. The second-order valence-corrected chi connectivity index (χ2v) is 12.0. The minimum atomic E-state index is -3.49. The lowest BCUT2D eigenvalue weighted by atomic mass is 9.74. The van der Waals surface area contributed by atoms with E-state index in [1.807, 2.05) is 51.1 Å². The lowest BCUT2D eigenvalue weighted by molar-refractivity contribution is -0.382. The molecular formula is C31H42O13. The maximum absolute atomic E-state index is 12.8. The minimum absolute atomic E-state index is 0.0600. The standard InChI is InChI=1S/C31H42O13/c1-17(2)11-12-23(34)42-26-25(35)29(43-22(16-32)30(40,27(36)37)31(26,44-29)28(38)39)14-13-18(3)24(41-20(5)33)19(4)15-21-9-7-6-8-10-21/h6-10,17,19,22,24-26,32,35,40H,3,11-16H2,1-2,4-5H3,(H,36,37)(H,38,39)/t19-,22-,24-,25-,26-,29+,30-,31+/m1/s1. The summed E-state index contributed by atoms with van der Waals surface area (Å²) in [5.74, 6) is -8.32. The van der Waals surface area contributed by atoms with Crippen molar-refractivity contribution in [2.75, 3.05) is 6.61 Å². The number of carbonyl (C=O) groups excluding carboxylic acids is 2. The van der Waals surface area contributed by atoms with Gasteiger partial charge in [0.15, 0.2) is 6.10 Å². The number of fused-ring (bicyclic) bond motifs is 2. The van der Waals surface area contributed by atoms with E-state index in [0.717, 1.165) is 5.56 Å². The number of carbonyl (C=O) groups is 4. The predicted octanol–water partition coefficient (Wildman–Crippen LogP) is 1.60. The highest BCUT2D eigenvalue weighted by Crippen LogP contribution is 2.55. The molecule has 0 spiro atoms. The van der Waals surface area contributed by atoms with Gasteiger partial charge in [0.25, 0.3) is 0 Å². The molecule has 0 aromatic heterocycles. The maximum Gasteiger partial charge on any atom is 0.344 e. The molecule has 2 saturated heterocycles. The van der Waals surface area contributed by atoms with Gasteiger partial charge in [-0.05, 0) is 36.3 Å². The molecule has 2 fully saturated rings. The van der Waals surface area contributed by atoms with Gasteiger partial charge in [0, 0.05) is 25.7 Å². The summed E-state index contributed by atoms with van der Waals surface area (Å²) in [6.45, 7) is 9.62. The molecule has 44 heavy (non-hydrogen) atoms. The van der Waals surface area contributed by atoms with Gasteiger partial charge in [0.1, 0.15) is 18.3 Å². The van der Waals surface area contributed by atoms with E-state index in [2.05, 4.69) is 6.58 Å². The summed E-state index contributed by atoms with van der Waals surface area (Å²) in [6.07, 6.45) is -7.17. The minimum Gasteiger partial charge on any atom is -0.479 e. The van der Waals surface area contributed by atoms with Crippen LogP contribution in [0.4, 0.5) is 0 Å². The van der Waals surface area contributed by atoms with Crippen molar-refractivity contribution in [1.82, 2.24) is 0 Å². The first-order valence-corrected chi connectivity index (χ1v) is 14.5. The number of ether oxygens (including phenoxy) is 4. The van der Waals surface area contributed by atoms with E-state index in [-0.39, 0.29) is 24.7 Å². The Morgan fingerprint density at radius 2 is 1.68 bits per heavy atom. The Morgan fingerprint density at radius 1 is 1.05 bits per heavy atom. The number of carboxylic acid groups (broad SMARTS) is 2. The predicted molar refractivity (Wildman–Crippen MR) is 152 cm³/mol. The fraction of sp³-hybridized carbons (Fsp3) is 0.613. The molecule has 0 radical (unpaired) electrons. The average molecular weight is 623 g/mol. The summed E-state index contributed by atoms with van der Waals surface area (Å²) in [4.78, 5) is 50.0. The lowest BCUT2D eigenvalue weighted by Crippen LogP contribution is -2.77. The Kier molecular flexibility index (Phi) is 11.0. The number of hydrogen-bond donors (Lipinski definition) is 5. The number of benzene rings is 1. The van der Waals surface area contributed by atoms with Gasteiger partial charge in [-0.3, -0.25) is 9.59 Å². The fourth-order valence-corrected chi connectivity index (χ4v) is 5.95. The van der Waals surface area contributed by atoms with Gasteiger partial charge in [-0.25, -0.2) is 9.59 Å². The molecule has 5 N–H and O–H groups in total. The molecule has 8 atom stereocenters. The molecule has 2 bridgehead atoms. The van der Waals surface area contributed by atoms with E-state index >= 15 is 0 Å². The molecule has 0 amide bonds. The van der Waals surface area contributed by atoms with Crippen LogP contribution < -0.4 is 0 Å². The average Bonchev–Trinajstić information content (AvgIpc) is 3.17. The van der Waals surface area contributed by atoms with E-state index in [1.54, 1.807) is 0 Å². The van der Waals surface area contributed by atoms with Gasteiger partial charge < -0.3 is 44.5 Å². The first-order chi connectivity index (χ1) is 20.6. The van der Waals surface area contributed by atoms with Crippen molar-refractivity contribution in [3.63, 3.8) is 0 Å². The molecule has 13 heteroatoms. The van der Waals surface area contributed by atoms with E-state index in [1.165, 1.54) is 6.92 Å². The molecule has 0 aliphatic carbocycles. The molecule has 13 nitrogen and oxygen atoms in total. The molecule has 3 rings (SSSR count). The number of aliphatic hydroxyl groups excluding tert-OH is 2. The van der Waals surface area contributed by atoms with Gasteiger partial charge in [0.2, 0.25) is 17.0 Å². The van der Waals surface area contributed by atoms with Crippen LogP contribution in [-0.4, -0.2) is 97.4 Å². The second-order valence-electron chi connectivity index (χ2n) is 12.0. The Labute approximate surface area is 255 Å². The van der Waals surface area contributed by atoms with Crippen LogP contribution in [0.1, 0.15) is 58.9 Å². The van der Waals surface area contributed by atoms with Gasteiger partial charge in [0.05, 0.1) is 6.61 Å². The van der Waals surface area contributed by atoms with Crippen molar-refractivity contribution in [1.29, 1.82) is 0 Å². The molecule has 2 heterocycles. The molecule has 2 aliphatic rings. The van der Waals surface area contributed by atoms with Gasteiger partial charge in [-0.15, -0.1) is 0 Å². The Bertz CT molecular complexity index is 1230. The fourth-order valence-electron chi connectivity index (χ4n) is 5.95.